The van der Waals surface area contributed by atoms with Crippen molar-refractivity contribution in [2.75, 3.05) is 10.6 Å². The molecule has 0 aliphatic carbocycles. The van der Waals surface area contributed by atoms with Gasteiger partial charge in [-0.05, 0) is 90.4 Å². The first-order chi connectivity index (χ1) is 16.3. The van der Waals surface area contributed by atoms with E-state index < -0.39 is 0 Å². The number of anilines is 2. The number of hydrogen-bond donors (Lipinski definition) is 3. The second kappa shape index (κ2) is 12.3. The van der Waals surface area contributed by atoms with Crippen LogP contribution in [0.1, 0.15) is 36.2 Å². The highest BCUT2D eigenvalue weighted by atomic mass is 79.9. The summed E-state index contributed by atoms with van der Waals surface area (Å²) < 4.78 is 6.35. The van der Waals surface area contributed by atoms with Gasteiger partial charge in [-0.1, -0.05) is 36.4 Å². The van der Waals surface area contributed by atoms with Gasteiger partial charge in [0.25, 0.3) is 5.91 Å². The highest BCUT2D eigenvalue weighted by Gasteiger charge is 2.12. The third kappa shape index (κ3) is 7.97. The van der Waals surface area contributed by atoms with Crippen LogP contribution in [0.5, 0.6) is 5.75 Å². The van der Waals surface area contributed by atoms with E-state index in [1.807, 2.05) is 44.2 Å². The molecule has 0 bridgehead atoms. The minimum absolute atomic E-state index is 0.0252. The topological polar surface area (TPSA) is 79.5 Å². The SMILES string of the molecule is CC(C)Oc1ccc(C(=O)NC(=S)Nc2cccc(NC(=O)CCc3ccccc3)c2)cc1Br. The lowest BCUT2D eigenvalue weighted by Gasteiger charge is -2.13. The summed E-state index contributed by atoms with van der Waals surface area (Å²) >= 11 is 8.72. The van der Waals surface area contributed by atoms with Gasteiger partial charge in [0.15, 0.2) is 5.11 Å². The molecule has 0 aliphatic heterocycles. The Morgan fingerprint density at radius 3 is 2.32 bits per heavy atom. The lowest BCUT2D eigenvalue weighted by atomic mass is 10.1. The first-order valence-corrected chi connectivity index (χ1v) is 12.0. The van der Waals surface area contributed by atoms with E-state index in [2.05, 4.69) is 31.9 Å². The molecule has 0 atom stereocenters. The molecule has 0 saturated carbocycles. The molecule has 3 aromatic carbocycles. The Morgan fingerprint density at radius 1 is 0.941 bits per heavy atom. The van der Waals surface area contributed by atoms with E-state index in [-0.39, 0.29) is 23.0 Å². The van der Waals surface area contributed by atoms with Crippen molar-refractivity contribution in [3.8, 4) is 5.75 Å². The molecule has 0 fully saturated rings. The summed E-state index contributed by atoms with van der Waals surface area (Å²) in [5.41, 5.74) is 2.84. The van der Waals surface area contributed by atoms with Crippen molar-refractivity contribution in [2.45, 2.75) is 32.8 Å². The van der Waals surface area contributed by atoms with Crippen molar-refractivity contribution in [1.29, 1.82) is 0 Å². The Hall–Kier alpha value is -3.23. The zero-order chi connectivity index (χ0) is 24.5. The number of thiocarbonyl (C=S) groups is 1. The molecule has 0 spiro atoms. The quantitative estimate of drug-likeness (QED) is 0.309. The molecule has 6 nitrogen and oxygen atoms in total. The number of amides is 2. The molecule has 8 heteroatoms. The van der Waals surface area contributed by atoms with Gasteiger partial charge < -0.3 is 15.4 Å². The summed E-state index contributed by atoms with van der Waals surface area (Å²) in [7, 11) is 0. The Morgan fingerprint density at radius 2 is 1.65 bits per heavy atom. The maximum absolute atomic E-state index is 12.6. The van der Waals surface area contributed by atoms with Gasteiger partial charge in [-0.2, -0.15) is 0 Å². The lowest BCUT2D eigenvalue weighted by Crippen LogP contribution is -2.34. The zero-order valence-electron chi connectivity index (χ0n) is 18.9. The molecule has 3 rings (SSSR count). The number of hydrogen-bond acceptors (Lipinski definition) is 4. The predicted molar refractivity (Wildman–Crippen MR) is 143 cm³/mol. The van der Waals surface area contributed by atoms with Gasteiger partial charge >= 0.3 is 0 Å². The van der Waals surface area contributed by atoms with E-state index >= 15 is 0 Å². The number of carbonyl (C=O) groups is 2. The molecule has 3 aromatic rings. The number of halogens is 1. The van der Waals surface area contributed by atoms with Crippen molar-refractivity contribution in [3.63, 3.8) is 0 Å². The van der Waals surface area contributed by atoms with Crippen molar-refractivity contribution in [1.82, 2.24) is 5.32 Å². The van der Waals surface area contributed by atoms with Crippen molar-refractivity contribution in [2.24, 2.45) is 0 Å². The summed E-state index contributed by atoms with van der Waals surface area (Å²) in [4.78, 5) is 24.9. The molecule has 0 aromatic heterocycles. The van der Waals surface area contributed by atoms with Gasteiger partial charge in [-0.3, -0.25) is 14.9 Å². The van der Waals surface area contributed by atoms with Gasteiger partial charge in [0.2, 0.25) is 5.91 Å². The minimum Gasteiger partial charge on any atom is -0.490 e. The Kier molecular flexibility index (Phi) is 9.18. The molecule has 0 saturated heterocycles. The second-order valence-corrected chi connectivity index (χ2v) is 9.10. The molecule has 0 unspecified atom stereocenters. The highest BCUT2D eigenvalue weighted by molar-refractivity contribution is 9.10. The molecule has 2 amide bonds. The van der Waals surface area contributed by atoms with Crippen LogP contribution in [0.2, 0.25) is 0 Å². The summed E-state index contributed by atoms with van der Waals surface area (Å²) in [6.45, 7) is 3.87. The maximum atomic E-state index is 12.6. The standard InChI is InChI=1S/C26H26BrN3O3S/c1-17(2)33-23-13-12-19(15-22(23)27)25(32)30-26(34)29-21-10-6-9-20(16-21)28-24(31)14-11-18-7-4-3-5-8-18/h3-10,12-13,15-17H,11,14H2,1-2H3,(H,28,31)(H2,29,30,32,34). The Labute approximate surface area is 213 Å². The predicted octanol–water partition coefficient (Wildman–Crippen LogP) is 5.93. The third-order valence-corrected chi connectivity index (χ3v) is 5.50. The van der Waals surface area contributed by atoms with Gasteiger partial charge in [-0.25, -0.2) is 0 Å². The first-order valence-electron chi connectivity index (χ1n) is 10.8. The van der Waals surface area contributed by atoms with Crippen LogP contribution >= 0.6 is 28.1 Å². The molecule has 0 heterocycles. The van der Waals surface area contributed by atoms with Crippen molar-refractivity contribution < 1.29 is 14.3 Å². The number of aryl methyl sites for hydroxylation is 1. The molecule has 0 radical (unpaired) electrons. The van der Waals surface area contributed by atoms with Crippen LogP contribution < -0.4 is 20.7 Å². The van der Waals surface area contributed by atoms with Crippen LogP contribution in [0.4, 0.5) is 11.4 Å². The first kappa shape index (κ1) is 25.4. The molecule has 176 valence electrons. The van der Waals surface area contributed by atoms with E-state index in [1.165, 1.54) is 0 Å². The van der Waals surface area contributed by atoms with Crippen LogP contribution in [-0.2, 0) is 11.2 Å². The molecule has 3 N–H and O–H groups in total. The summed E-state index contributed by atoms with van der Waals surface area (Å²) in [5.74, 6) is 0.238. The fourth-order valence-electron chi connectivity index (χ4n) is 3.13. The maximum Gasteiger partial charge on any atom is 0.257 e. The number of carbonyl (C=O) groups excluding carboxylic acids is 2. The largest absolute Gasteiger partial charge is 0.490 e. The summed E-state index contributed by atoms with van der Waals surface area (Å²) in [6.07, 6.45) is 1.07. The van der Waals surface area contributed by atoms with E-state index in [1.54, 1.807) is 42.5 Å². The molecule has 34 heavy (non-hydrogen) atoms. The highest BCUT2D eigenvalue weighted by Crippen LogP contribution is 2.27. The van der Waals surface area contributed by atoms with Crippen LogP contribution in [0.25, 0.3) is 0 Å². The van der Waals surface area contributed by atoms with Gasteiger partial charge in [0.1, 0.15) is 5.75 Å². The minimum atomic E-state index is -0.348. The van der Waals surface area contributed by atoms with Gasteiger partial charge in [-0.15, -0.1) is 0 Å². The van der Waals surface area contributed by atoms with Crippen LogP contribution in [0.3, 0.4) is 0 Å². The smallest absolute Gasteiger partial charge is 0.257 e. The monoisotopic (exact) mass is 539 g/mol. The normalized spacial score (nSPS) is 10.5. The average Bonchev–Trinajstić information content (AvgIpc) is 2.79. The van der Waals surface area contributed by atoms with E-state index in [4.69, 9.17) is 17.0 Å². The van der Waals surface area contributed by atoms with E-state index in [9.17, 15) is 9.59 Å². The fraction of sp³-hybridized carbons (Fsp3) is 0.192. The lowest BCUT2D eigenvalue weighted by molar-refractivity contribution is -0.116. The Balaban J connectivity index is 1.53. The van der Waals surface area contributed by atoms with Crippen LogP contribution in [0, 0.1) is 0 Å². The van der Waals surface area contributed by atoms with Crippen LogP contribution in [-0.4, -0.2) is 23.0 Å². The van der Waals surface area contributed by atoms with Gasteiger partial charge in [0, 0.05) is 23.4 Å². The van der Waals surface area contributed by atoms with Gasteiger partial charge in [0.05, 0.1) is 10.6 Å². The number of ether oxygens (including phenoxy) is 1. The number of rotatable bonds is 8. The second-order valence-electron chi connectivity index (χ2n) is 7.83. The molecule has 0 aliphatic rings. The zero-order valence-corrected chi connectivity index (χ0v) is 21.3. The number of benzene rings is 3. The summed E-state index contributed by atoms with van der Waals surface area (Å²) in [6, 6.07) is 22.1. The average molecular weight is 540 g/mol. The van der Waals surface area contributed by atoms with Crippen molar-refractivity contribution >= 4 is 56.4 Å². The third-order valence-electron chi connectivity index (χ3n) is 4.67. The van der Waals surface area contributed by atoms with Crippen LogP contribution in [0.15, 0.2) is 77.3 Å². The fourth-order valence-corrected chi connectivity index (χ4v) is 3.81. The van der Waals surface area contributed by atoms with E-state index in [0.717, 1.165) is 5.56 Å². The van der Waals surface area contributed by atoms with E-state index in [0.29, 0.717) is 40.0 Å². The number of nitrogens with one attached hydrogen (secondary N) is 3. The summed E-state index contributed by atoms with van der Waals surface area (Å²) in [5, 5.41) is 8.68. The Bertz CT molecular complexity index is 1170. The van der Waals surface area contributed by atoms with Crippen molar-refractivity contribution in [3.05, 3.63) is 88.4 Å². The molecular weight excluding hydrogens is 514 g/mol. The molecular formula is C26H26BrN3O3S.